The first-order valence-corrected chi connectivity index (χ1v) is 7.05. The molecule has 1 aromatic heterocycles. The summed E-state index contributed by atoms with van der Waals surface area (Å²) in [5, 5.41) is 10.2. The van der Waals surface area contributed by atoms with Gasteiger partial charge in [-0.15, -0.1) is 12.4 Å². The molecule has 22 heavy (non-hydrogen) atoms. The van der Waals surface area contributed by atoms with Crippen LogP contribution in [0.1, 0.15) is 19.3 Å². The molecule has 3 rings (SSSR count). The van der Waals surface area contributed by atoms with Gasteiger partial charge in [0, 0.05) is 12.5 Å². The highest BCUT2D eigenvalue weighted by atomic mass is 35.5. The quantitative estimate of drug-likeness (QED) is 0.908. The molecule has 0 aliphatic carbocycles. The van der Waals surface area contributed by atoms with Crippen LogP contribution in [0.15, 0.2) is 36.7 Å². The van der Waals surface area contributed by atoms with Gasteiger partial charge in [0.25, 0.3) is 0 Å². The summed E-state index contributed by atoms with van der Waals surface area (Å²) in [5.74, 6) is -0.406. The van der Waals surface area contributed by atoms with E-state index in [1.807, 2.05) is 0 Å². The van der Waals surface area contributed by atoms with E-state index in [0.29, 0.717) is 17.8 Å². The Hall–Kier alpha value is -1.92. The van der Waals surface area contributed by atoms with Crippen LogP contribution in [0.2, 0.25) is 0 Å². The minimum atomic E-state index is -0.353. The first kappa shape index (κ1) is 16.5. The molecule has 1 unspecified atom stereocenters. The number of hydrogen-bond donors (Lipinski definition) is 2. The number of aromatic nitrogens is 2. The van der Waals surface area contributed by atoms with Crippen molar-refractivity contribution in [1.29, 1.82) is 0 Å². The second kappa shape index (κ2) is 7.38. The number of rotatable bonds is 4. The number of hydrogen-bond acceptors (Lipinski definition) is 3. The third-order valence-electron chi connectivity index (χ3n) is 3.56. The van der Waals surface area contributed by atoms with Crippen LogP contribution < -0.4 is 10.6 Å². The lowest BCUT2D eigenvalue weighted by Gasteiger charge is -2.09. The third-order valence-corrected chi connectivity index (χ3v) is 3.56. The monoisotopic (exact) mass is 324 g/mol. The van der Waals surface area contributed by atoms with Crippen molar-refractivity contribution in [2.45, 2.75) is 25.3 Å². The lowest BCUT2D eigenvalue weighted by atomic mass is 10.1. The highest BCUT2D eigenvalue weighted by molar-refractivity contribution is 5.90. The molecule has 118 valence electrons. The fourth-order valence-corrected chi connectivity index (χ4v) is 2.52. The molecule has 0 spiro atoms. The van der Waals surface area contributed by atoms with Crippen molar-refractivity contribution in [3.8, 4) is 5.69 Å². The van der Waals surface area contributed by atoms with Gasteiger partial charge in [0.1, 0.15) is 11.5 Å². The molecule has 1 aromatic carbocycles. The van der Waals surface area contributed by atoms with E-state index in [1.54, 1.807) is 24.4 Å². The molecule has 5 nitrogen and oxygen atoms in total. The summed E-state index contributed by atoms with van der Waals surface area (Å²) in [7, 11) is 0. The summed E-state index contributed by atoms with van der Waals surface area (Å²) < 4.78 is 15.1. The van der Waals surface area contributed by atoms with Crippen LogP contribution >= 0.6 is 12.4 Å². The Labute approximate surface area is 134 Å². The van der Waals surface area contributed by atoms with E-state index < -0.39 is 0 Å². The van der Waals surface area contributed by atoms with E-state index in [1.165, 1.54) is 16.9 Å². The van der Waals surface area contributed by atoms with E-state index in [2.05, 4.69) is 15.7 Å². The number of amides is 1. The van der Waals surface area contributed by atoms with Gasteiger partial charge in [-0.2, -0.15) is 5.10 Å². The minimum absolute atomic E-state index is 0. The normalized spacial score (nSPS) is 17.0. The van der Waals surface area contributed by atoms with Crippen molar-refractivity contribution in [2.24, 2.45) is 0 Å². The maximum Gasteiger partial charge on any atom is 0.226 e. The number of nitrogens with one attached hydrogen (secondary N) is 2. The van der Waals surface area contributed by atoms with Gasteiger partial charge < -0.3 is 10.6 Å². The second-order valence-electron chi connectivity index (χ2n) is 5.17. The molecule has 1 aliphatic heterocycles. The van der Waals surface area contributed by atoms with Crippen molar-refractivity contribution >= 4 is 24.0 Å². The smallest absolute Gasteiger partial charge is 0.226 e. The number of para-hydroxylation sites is 1. The van der Waals surface area contributed by atoms with Crippen LogP contribution in [0.5, 0.6) is 0 Å². The topological polar surface area (TPSA) is 59.0 Å². The first-order chi connectivity index (χ1) is 10.2. The number of carbonyl (C=O) groups is 1. The molecule has 1 fully saturated rings. The van der Waals surface area contributed by atoms with Gasteiger partial charge in [-0.05, 0) is 31.5 Å². The SMILES string of the molecule is Cl.O=C(CC1CCCN1)Nc1cnn(-c2ccccc2F)c1. The maximum atomic E-state index is 13.7. The Kier molecular flexibility index (Phi) is 5.51. The second-order valence-corrected chi connectivity index (χ2v) is 5.17. The van der Waals surface area contributed by atoms with E-state index in [-0.39, 0.29) is 30.2 Å². The Morgan fingerprint density at radius 1 is 1.45 bits per heavy atom. The molecule has 1 atom stereocenters. The molecule has 0 radical (unpaired) electrons. The Morgan fingerprint density at radius 3 is 3.00 bits per heavy atom. The van der Waals surface area contributed by atoms with Gasteiger partial charge >= 0.3 is 0 Å². The molecule has 2 heterocycles. The molecule has 0 saturated carbocycles. The predicted molar refractivity (Wildman–Crippen MR) is 85.0 cm³/mol. The van der Waals surface area contributed by atoms with Gasteiger partial charge in [-0.1, -0.05) is 12.1 Å². The highest BCUT2D eigenvalue weighted by Crippen LogP contribution is 2.16. The highest BCUT2D eigenvalue weighted by Gasteiger charge is 2.18. The molecule has 0 bridgehead atoms. The summed E-state index contributed by atoms with van der Waals surface area (Å²) in [6.45, 7) is 0.975. The van der Waals surface area contributed by atoms with Crippen LogP contribution in [0.25, 0.3) is 5.69 Å². The summed E-state index contributed by atoms with van der Waals surface area (Å²) in [5.41, 5.74) is 0.928. The molecule has 1 amide bonds. The summed E-state index contributed by atoms with van der Waals surface area (Å²) in [6.07, 6.45) is 5.72. The van der Waals surface area contributed by atoms with E-state index in [4.69, 9.17) is 0 Å². The molecule has 7 heteroatoms. The lowest BCUT2D eigenvalue weighted by Crippen LogP contribution is -2.27. The van der Waals surface area contributed by atoms with Crippen molar-refractivity contribution in [3.63, 3.8) is 0 Å². The molecule has 1 saturated heterocycles. The van der Waals surface area contributed by atoms with E-state index >= 15 is 0 Å². The summed E-state index contributed by atoms with van der Waals surface area (Å²) >= 11 is 0. The number of anilines is 1. The standard InChI is InChI=1S/C15H17FN4O.ClH/c16-13-5-1-2-6-14(13)20-10-12(9-18-20)19-15(21)8-11-4-3-7-17-11;/h1-2,5-6,9-11,17H,3-4,7-8H2,(H,19,21);1H. The Bertz CT molecular complexity index is 640. The minimum Gasteiger partial charge on any atom is -0.323 e. The van der Waals surface area contributed by atoms with Crippen LogP contribution in [-0.4, -0.2) is 28.3 Å². The van der Waals surface area contributed by atoms with Gasteiger partial charge in [0.2, 0.25) is 5.91 Å². The average Bonchev–Trinajstić information content (AvgIpc) is 3.11. The zero-order valence-corrected chi connectivity index (χ0v) is 12.8. The molecule has 2 aromatic rings. The lowest BCUT2D eigenvalue weighted by molar-refractivity contribution is -0.116. The Balaban J connectivity index is 0.00000176. The molecule has 2 N–H and O–H groups in total. The van der Waals surface area contributed by atoms with E-state index in [9.17, 15) is 9.18 Å². The van der Waals surface area contributed by atoms with Gasteiger partial charge in [0.15, 0.2) is 0 Å². The Morgan fingerprint density at radius 2 is 2.27 bits per heavy atom. The molecular weight excluding hydrogens is 307 g/mol. The summed E-state index contributed by atoms with van der Waals surface area (Å²) in [6, 6.07) is 6.63. The fraction of sp³-hybridized carbons (Fsp3) is 0.333. The van der Waals surface area contributed by atoms with Crippen molar-refractivity contribution in [1.82, 2.24) is 15.1 Å². The van der Waals surface area contributed by atoms with Crippen LogP contribution in [0.3, 0.4) is 0 Å². The maximum absolute atomic E-state index is 13.7. The van der Waals surface area contributed by atoms with Crippen molar-refractivity contribution in [3.05, 3.63) is 42.5 Å². The number of carbonyl (C=O) groups excluding carboxylic acids is 1. The average molecular weight is 325 g/mol. The molecule has 1 aliphatic rings. The largest absolute Gasteiger partial charge is 0.323 e. The first-order valence-electron chi connectivity index (χ1n) is 7.05. The van der Waals surface area contributed by atoms with Gasteiger partial charge in [-0.25, -0.2) is 9.07 Å². The van der Waals surface area contributed by atoms with Crippen LogP contribution in [0, 0.1) is 5.82 Å². The number of halogens is 2. The number of benzene rings is 1. The van der Waals surface area contributed by atoms with Crippen LogP contribution in [-0.2, 0) is 4.79 Å². The zero-order valence-electron chi connectivity index (χ0n) is 12.0. The molecular formula is C15H18ClFN4O. The third kappa shape index (κ3) is 3.84. The van der Waals surface area contributed by atoms with Crippen molar-refractivity contribution in [2.75, 3.05) is 11.9 Å². The van der Waals surface area contributed by atoms with E-state index in [0.717, 1.165) is 19.4 Å². The van der Waals surface area contributed by atoms with Gasteiger partial charge in [-0.3, -0.25) is 4.79 Å². The fourth-order valence-electron chi connectivity index (χ4n) is 2.52. The van der Waals surface area contributed by atoms with Crippen LogP contribution in [0.4, 0.5) is 10.1 Å². The van der Waals surface area contributed by atoms with Gasteiger partial charge in [0.05, 0.1) is 18.1 Å². The predicted octanol–water partition coefficient (Wildman–Crippen LogP) is 2.51. The summed E-state index contributed by atoms with van der Waals surface area (Å²) in [4.78, 5) is 11.9. The van der Waals surface area contributed by atoms with Crippen molar-refractivity contribution < 1.29 is 9.18 Å². The number of nitrogens with zero attached hydrogens (tertiary/aromatic N) is 2. The zero-order chi connectivity index (χ0) is 14.7.